The van der Waals surface area contributed by atoms with Gasteiger partial charge in [0.05, 0.1) is 27.6 Å². The molecule has 0 spiro atoms. The van der Waals surface area contributed by atoms with Crippen LogP contribution in [0.25, 0.3) is 22.5 Å². The Hall–Kier alpha value is -1.91. The number of rotatable bonds is 2. The predicted octanol–water partition coefficient (Wildman–Crippen LogP) is 3.84. The average molecular weight is 291 g/mol. The van der Waals surface area contributed by atoms with E-state index >= 15 is 0 Å². The molecular formula is C13H8Cl2N4. The maximum absolute atomic E-state index is 6.15. The highest BCUT2D eigenvalue weighted by Gasteiger charge is 2.09. The largest absolute Gasteiger partial charge is 0.285 e. The van der Waals surface area contributed by atoms with Crippen molar-refractivity contribution in [3.63, 3.8) is 0 Å². The van der Waals surface area contributed by atoms with Gasteiger partial charge in [0.1, 0.15) is 0 Å². The fourth-order valence-corrected chi connectivity index (χ4v) is 2.12. The summed E-state index contributed by atoms with van der Waals surface area (Å²) in [4.78, 5) is 0. The van der Waals surface area contributed by atoms with E-state index in [0.717, 1.165) is 16.8 Å². The number of hydrogen-bond donors (Lipinski definition) is 1. The molecule has 1 aromatic carbocycles. The summed E-state index contributed by atoms with van der Waals surface area (Å²) in [5.41, 5.74) is 3.08. The van der Waals surface area contributed by atoms with Gasteiger partial charge in [-0.05, 0) is 18.2 Å². The summed E-state index contributed by atoms with van der Waals surface area (Å²) in [5.74, 6) is 0. The molecule has 2 heterocycles. The van der Waals surface area contributed by atoms with Crippen LogP contribution in [-0.4, -0.2) is 20.4 Å². The predicted molar refractivity (Wildman–Crippen MR) is 75.1 cm³/mol. The Balaban J connectivity index is 2.01. The topological polar surface area (TPSA) is 54.5 Å². The molecule has 6 heteroatoms. The third-order valence-corrected chi connectivity index (χ3v) is 3.50. The second kappa shape index (κ2) is 4.99. The van der Waals surface area contributed by atoms with E-state index in [0.29, 0.717) is 15.7 Å². The van der Waals surface area contributed by atoms with Gasteiger partial charge in [-0.3, -0.25) is 5.10 Å². The first-order valence-corrected chi connectivity index (χ1v) is 6.28. The highest BCUT2D eigenvalue weighted by molar-refractivity contribution is 6.43. The van der Waals surface area contributed by atoms with E-state index < -0.39 is 0 Å². The van der Waals surface area contributed by atoms with Gasteiger partial charge in [0.15, 0.2) is 0 Å². The molecule has 0 aliphatic rings. The van der Waals surface area contributed by atoms with Crippen LogP contribution in [0.1, 0.15) is 0 Å². The van der Waals surface area contributed by atoms with Crippen LogP contribution in [-0.2, 0) is 0 Å². The normalized spacial score (nSPS) is 10.6. The Bertz CT molecular complexity index is 693. The monoisotopic (exact) mass is 290 g/mol. The number of halogens is 2. The zero-order chi connectivity index (χ0) is 13.2. The van der Waals surface area contributed by atoms with Crippen molar-refractivity contribution < 1.29 is 0 Å². The summed E-state index contributed by atoms with van der Waals surface area (Å²) in [6.07, 6.45) is 3.45. The molecule has 0 fully saturated rings. The van der Waals surface area contributed by atoms with Gasteiger partial charge in [-0.1, -0.05) is 35.3 Å². The molecule has 0 aliphatic carbocycles. The highest BCUT2D eigenvalue weighted by atomic mass is 35.5. The number of benzene rings is 1. The molecule has 4 nitrogen and oxygen atoms in total. The van der Waals surface area contributed by atoms with Gasteiger partial charge in [0, 0.05) is 17.3 Å². The van der Waals surface area contributed by atoms with Crippen LogP contribution in [0, 0.1) is 0 Å². The summed E-state index contributed by atoms with van der Waals surface area (Å²) in [5, 5.41) is 15.9. The van der Waals surface area contributed by atoms with Crippen LogP contribution >= 0.6 is 23.2 Å². The standard InChI is InChI=1S/C13H8Cl2N4/c14-10-3-1-2-9(13(10)15)12-5-4-11(18-19-12)8-6-16-17-7-8/h1-7H,(H,16,17). The summed E-state index contributed by atoms with van der Waals surface area (Å²) in [7, 11) is 0. The number of hydrogen-bond acceptors (Lipinski definition) is 3. The minimum absolute atomic E-state index is 0.481. The molecule has 2 aromatic heterocycles. The van der Waals surface area contributed by atoms with Gasteiger partial charge in [-0.2, -0.15) is 5.10 Å². The van der Waals surface area contributed by atoms with Crippen molar-refractivity contribution >= 4 is 23.2 Å². The van der Waals surface area contributed by atoms with Crippen molar-refractivity contribution in [1.29, 1.82) is 0 Å². The van der Waals surface area contributed by atoms with Crippen LogP contribution in [0.15, 0.2) is 42.7 Å². The molecular weight excluding hydrogens is 283 g/mol. The highest BCUT2D eigenvalue weighted by Crippen LogP contribution is 2.32. The number of aromatic nitrogens is 4. The molecule has 0 saturated carbocycles. The van der Waals surface area contributed by atoms with E-state index in [-0.39, 0.29) is 0 Å². The molecule has 0 amide bonds. The number of nitrogens with zero attached hydrogens (tertiary/aromatic N) is 3. The maximum atomic E-state index is 6.15. The van der Waals surface area contributed by atoms with Crippen LogP contribution < -0.4 is 0 Å². The van der Waals surface area contributed by atoms with Crippen molar-refractivity contribution in [2.75, 3.05) is 0 Å². The van der Waals surface area contributed by atoms with Gasteiger partial charge < -0.3 is 0 Å². The first-order valence-electron chi connectivity index (χ1n) is 5.53. The quantitative estimate of drug-likeness (QED) is 0.780. The van der Waals surface area contributed by atoms with Crippen molar-refractivity contribution in [1.82, 2.24) is 20.4 Å². The van der Waals surface area contributed by atoms with Gasteiger partial charge in [-0.25, -0.2) is 0 Å². The first kappa shape index (κ1) is 12.1. The fourth-order valence-electron chi connectivity index (χ4n) is 1.72. The molecule has 0 bridgehead atoms. The Morgan fingerprint density at radius 1 is 0.947 bits per heavy atom. The fraction of sp³-hybridized carbons (Fsp3) is 0. The van der Waals surface area contributed by atoms with Crippen LogP contribution in [0.4, 0.5) is 0 Å². The van der Waals surface area contributed by atoms with E-state index in [1.807, 2.05) is 24.3 Å². The van der Waals surface area contributed by atoms with E-state index in [1.165, 1.54) is 0 Å². The lowest BCUT2D eigenvalue weighted by molar-refractivity contribution is 1.04. The number of nitrogens with one attached hydrogen (secondary N) is 1. The minimum atomic E-state index is 0.481. The average Bonchev–Trinajstić information content (AvgIpc) is 2.96. The summed E-state index contributed by atoms with van der Waals surface area (Å²) < 4.78 is 0. The lowest BCUT2D eigenvalue weighted by Crippen LogP contribution is -1.90. The second-order valence-corrected chi connectivity index (χ2v) is 4.68. The van der Waals surface area contributed by atoms with Crippen molar-refractivity contribution in [2.24, 2.45) is 0 Å². The first-order chi connectivity index (χ1) is 9.25. The molecule has 3 rings (SSSR count). The second-order valence-electron chi connectivity index (χ2n) is 3.89. The third kappa shape index (κ3) is 2.32. The Labute approximate surface area is 119 Å². The van der Waals surface area contributed by atoms with Crippen molar-refractivity contribution in [3.05, 3.63) is 52.8 Å². The molecule has 0 atom stereocenters. The molecule has 0 saturated heterocycles. The minimum Gasteiger partial charge on any atom is -0.285 e. The van der Waals surface area contributed by atoms with Gasteiger partial charge in [-0.15, -0.1) is 10.2 Å². The summed E-state index contributed by atoms with van der Waals surface area (Å²) >= 11 is 12.1. The van der Waals surface area contributed by atoms with Crippen LogP contribution in [0.3, 0.4) is 0 Å². The lowest BCUT2D eigenvalue weighted by Gasteiger charge is -2.04. The summed E-state index contributed by atoms with van der Waals surface area (Å²) in [6, 6.07) is 9.14. The maximum Gasteiger partial charge on any atom is 0.0961 e. The van der Waals surface area contributed by atoms with Gasteiger partial charge in [0.25, 0.3) is 0 Å². The van der Waals surface area contributed by atoms with E-state index in [9.17, 15) is 0 Å². The molecule has 94 valence electrons. The van der Waals surface area contributed by atoms with E-state index in [1.54, 1.807) is 18.5 Å². The Morgan fingerprint density at radius 3 is 2.42 bits per heavy atom. The smallest absolute Gasteiger partial charge is 0.0961 e. The van der Waals surface area contributed by atoms with Crippen molar-refractivity contribution in [3.8, 4) is 22.5 Å². The SMILES string of the molecule is Clc1cccc(-c2ccc(-c3cn[nH]c3)nn2)c1Cl. The molecule has 0 unspecified atom stereocenters. The molecule has 0 radical (unpaired) electrons. The van der Waals surface area contributed by atoms with Crippen molar-refractivity contribution in [2.45, 2.75) is 0 Å². The molecule has 19 heavy (non-hydrogen) atoms. The van der Waals surface area contributed by atoms with Crippen LogP contribution in [0.5, 0.6) is 0 Å². The molecule has 1 N–H and O–H groups in total. The summed E-state index contributed by atoms with van der Waals surface area (Å²) in [6.45, 7) is 0. The zero-order valence-corrected chi connectivity index (χ0v) is 11.2. The van der Waals surface area contributed by atoms with E-state index in [4.69, 9.17) is 23.2 Å². The van der Waals surface area contributed by atoms with Gasteiger partial charge in [0.2, 0.25) is 0 Å². The van der Waals surface area contributed by atoms with Crippen LogP contribution in [0.2, 0.25) is 10.0 Å². The Morgan fingerprint density at radius 2 is 1.74 bits per heavy atom. The van der Waals surface area contributed by atoms with E-state index in [2.05, 4.69) is 20.4 Å². The molecule has 0 aliphatic heterocycles. The zero-order valence-electron chi connectivity index (χ0n) is 9.64. The lowest BCUT2D eigenvalue weighted by atomic mass is 10.1. The third-order valence-electron chi connectivity index (χ3n) is 2.69. The number of H-pyrrole nitrogens is 1. The van der Waals surface area contributed by atoms with Gasteiger partial charge >= 0.3 is 0 Å². The molecule has 3 aromatic rings. The Kier molecular flexibility index (Phi) is 3.19. The number of aromatic amines is 1.